The van der Waals surface area contributed by atoms with Gasteiger partial charge < -0.3 is 14.9 Å². The Bertz CT molecular complexity index is 476. The van der Waals surface area contributed by atoms with Crippen LogP contribution in [0.25, 0.3) is 0 Å². The molecule has 17 heavy (non-hydrogen) atoms. The fraction of sp³-hybridized carbons (Fsp3) is 0.308. The van der Waals surface area contributed by atoms with Crippen LogP contribution < -0.4 is 5.32 Å². The first-order valence-electron chi connectivity index (χ1n) is 5.59. The molecule has 90 valence electrons. The van der Waals surface area contributed by atoms with Gasteiger partial charge in [-0.25, -0.2) is 0 Å². The summed E-state index contributed by atoms with van der Waals surface area (Å²) in [5.41, 5.74) is 2.02. The van der Waals surface area contributed by atoms with Gasteiger partial charge in [-0.15, -0.1) is 0 Å². The predicted octanol–water partition coefficient (Wildman–Crippen LogP) is 2.54. The van der Waals surface area contributed by atoms with Gasteiger partial charge in [0.1, 0.15) is 11.5 Å². The zero-order valence-corrected chi connectivity index (χ0v) is 9.97. The van der Waals surface area contributed by atoms with Crippen LogP contribution in [0.4, 0.5) is 0 Å². The molecule has 0 aliphatic rings. The van der Waals surface area contributed by atoms with E-state index in [9.17, 15) is 5.11 Å². The van der Waals surface area contributed by atoms with Crippen molar-refractivity contribution in [2.45, 2.75) is 26.4 Å². The topological polar surface area (TPSA) is 58.3 Å². The van der Waals surface area contributed by atoms with Crippen LogP contribution in [-0.4, -0.2) is 10.3 Å². The van der Waals surface area contributed by atoms with E-state index < -0.39 is 0 Å². The molecule has 0 saturated heterocycles. The number of aryl methyl sites for hydroxylation is 1. The summed E-state index contributed by atoms with van der Waals surface area (Å²) in [4.78, 5) is 0. The molecule has 4 nitrogen and oxygen atoms in total. The number of aromatic nitrogens is 1. The third-order valence-corrected chi connectivity index (χ3v) is 2.66. The molecule has 4 heteroatoms. The largest absolute Gasteiger partial charge is 0.508 e. The van der Waals surface area contributed by atoms with Gasteiger partial charge in [0, 0.05) is 18.7 Å². The number of benzene rings is 1. The Labute approximate surface area is 100 Å². The normalized spacial score (nSPS) is 12.6. The molecule has 1 aromatic carbocycles. The minimum absolute atomic E-state index is 0.201. The van der Waals surface area contributed by atoms with Crippen LogP contribution in [-0.2, 0) is 6.54 Å². The average molecular weight is 232 g/mol. The quantitative estimate of drug-likeness (QED) is 0.850. The zero-order chi connectivity index (χ0) is 12.3. The zero-order valence-electron chi connectivity index (χ0n) is 9.97. The Morgan fingerprint density at radius 1 is 1.35 bits per heavy atom. The molecule has 1 aromatic heterocycles. The Kier molecular flexibility index (Phi) is 3.44. The van der Waals surface area contributed by atoms with Gasteiger partial charge in [0.05, 0.1) is 5.69 Å². The lowest BCUT2D eigenvalue weighted by Gasteiger charge is -2.12. The summed E-state index contributed by atoms with van der Waals surface area (Å²) < 4.78 is 5.00. The molecule has 0 aliphatic heterocycles. The van der Waals surface area contributed by atoms with E-state index in [2.05, 4.69) is 17.4 Å². The molecule has 0 bridgehead atoms. The monoisotopic (exact) mass is 232 g/mol. The first-order valence-corrected chi connectivity index (χ1v) is 5.59. The standard InChI is InChI=1S/C13H16N2O2/c1-9-7-12(15-17-9)8-14-10(2)11-3-5-13(16)6-4-11/h3-7,10,14,16H,8H2,1-2H3. The molecule has 2 rings (SSSR count). The Morgan fingerprint density at radius 2 is 2.06 bits per heavy atom. The van der Waals surface area contributed by atoms with Crippen molar-refractivity contribution in [1.82, 2.24) is 10.5 Å². The molecule has 0 fully saturated rings. The van der Waals surface area contributed by atoms with E-state index in [1.807, 2.05) is 25.1 Å². The maximum Gasteiger partial charge on any atom is 0.133 e. The second-order valence-corrected chi connectivity index (χ2v) is 4.12. The highest BCUT2D eigenvalue weighted by molar-refractivity contribution is 5.27. The summed E-state index contributed by atoms with van der Waals surface area (Å²) >= 11 is 0. The molecule has 1 unspecified atom stereocenters. The lowest BCUT2D eigenvalue weighted by Crippen LogP contribution is -2.18. The molecular weight excluding hydrogens is 216 g/mol. The van der Waals surface area contributed by atoms with E-state index in [4.69, 9.17) is 4.52 Å². The van der Waals surface area contributed by atoms with E-state index in [0.29, 0.717) is 6.54 Å². The van der Waals surface area contributed by atoms with Crippen LogP contribution >= 0.6 is 0 Å². The Balaban J connectivity index is 1.93. The van der Waals surface area contributed by atoms with Crippen molar-refractivity contribution < 1.29 is 9.63 Å². The predicted molar refractivity (Wildman–Crippen MR) is 64.6 cm³/mol. The van der Waals surface area contributed by atoms with Gasteiger partial charge >= 0.3 is 0 Å². The van der Waals surface area contributed by atoms with E-state index in [-0.39, 0.29) is 11.8 Å². The summed E-state index contributed by atoms with van der Waals surface area (Å²) in [6.45, 7) is 4.61. The van der Waals surface area contributed by atoms with Crippen molar-refractivity contribution in [3.05, 3.63) is 47.3 Å². The molecule has 2 aromatic rings. The lowest BCUT2D eigenvalue weighted by atomic mass is 10.1. The smallest absolute Gasteiger partial charge is 0.133 e. The number of hydrogen-bond donors (Lipinski definition) is 2. The Morgan fingerprint density at radius 3 is 2.65 bits per heavy atom. The van der Waals surface area contributed by atoms with Crippen molar-refractivity contribution >= 4 is 0 Å². The number of nitrogens with zero attached hydrogens (tertiary/aromatic N) is 1. The second kappa shape index (κ2) is 5.01. The van der Waals surface area contributed by atoms with Crippen LogP contribution in [0.3, 0.4) is 0 Å². The van der Waals surface area contributed by atoms with Crippen LogP contribution in [0.2, 0.25) is 0 Å². The summed E-state index contributed by atoms with van der Waals surface area (Å²) in [7, 11) is 0. The van der Waals surface area contributed by atoms with Crippen LogP contribution in [0.15, 0.2) is 34.9 Å². The molecule has 0 amide bonds. The number of rotatable bonds is 4. The number of hydrogen-bond acceptors (Lipinski definition) is 4. The third-order valence-electron chi connectivity index (χ3n) is 2.66. The van der Waals surface area contributed by atoms with E-state index in [1.54, 1.807) is 12.1 Å². The van der Waals surface area contributed by atoms with Crippen molar-refractivity contribution in [1.29, 1.82) is 0 Å². The Hall–Kier alpha value is -1.81. The molecule has 0 aliphatic carbocycles. The number of nitrogens with one attached hydrogen (secondary N) is 1. The van der Waals surface area contributed by atoms with Gasteiger partial charge in [0.15, 0.2) is 0 Å². The van der Waals surface area contributed by atoms with Gasteiger partial charge in [0.25, 0.3) is 0 Å². The van der Waals surface area contributed by atoms with Crippen LogP contribution in [0.5, 0.6) is 5.75 Å². The number of aromatic hydroxyl groups is 1. The summed E-state index contributed by atoms with van der Waals surface area (Å²) in [5, 5.41) is 16.5. The van der Waals surface area contributed by atoms with Crippen molar-refractivity contribution in [3.8, 4) is 5.75 Å². The third kappa shape index (κ3) is 3.07. The molecule has 0 radical (unpaired) electrons. The maximum absolute atomic E-state index is 9.21. The minimum atomic E-state index is 0.201. The first kappa shape index (κ1) is 11.7. The van der Waals surface area contributed by atoms with Crippen molar-refractivity contribution in [2.24, 2.45) is 0 Å². The van der Waals surface area contributed by atoms with Crippen molar-refractivity contribution in [2.75, 3.05) is 0 Å². The molecular formula is C13H16N2O2. The summed E-state index contributed by atoms with van der Waals surface area (Å²) in [6.07, 6.45) is 0. The fourth-order valence-electron chi connectivity index (χ4n) is 1.64. The number of phenols is 1. The molecule has 0 spiro atoms. The maximum atomic E-state index is 9.21. The second-order valence-electron chi connectivity index (χ2n) is 4.12. The van der Waals surface area contributed by atoms with Crippen LogP contribution in [0, 0.1) is 6.92 Å². The van der Waals surface area contributed by atoms with Gasteiger partial charge in [-0.3, -0.25) is 0 Å². The summed E-state index contributed by atoms with van der Waals surface area (Å²) in [6, 6.07) is 9.30. The average Bonchev–Trinajstić information content (AvgIpc) is 2.73. The molecule has 2 N–H and O–H groups in total. The van der Waals surface area contributed by atoms with Gasteiger partial charge in [-0.05, 0) is 31.5 Å². The van der Waals surface area contributed by atoms with E-state index >= 15 is 0 Å². The van der Waals surface area contributed by atoms with Gasteiger partial charge in [-0.1, -0.05) is 17.3 Å². The van der Waals surface area contributed by atoms with Crippen LogP contribution in [0.1, 0.15) is 30.0 Å². The van der Waals surface area contributed by atoms with Crippen molar-refractivity contribution in [3.63, 3.8) is 0 Å². The minimum Gasteiger partial charge on any atom is -0.508 e. The van der Waals surface area contributed by atoms with Gasteiger partial charge in [-0.2, -0.15) is 0 Å². The highest BCUT2D eigenvalue weighted by Crippen LogP contribution is 2.16. The number of phenolic OH excluding ortho intramolecular Hbond substituents is 1. The molecule has 0 saturated carbocycles. The van der Waals surface area contributed by atoms with E-state index in [0.717, 1.165) is 17.0 Å². The highest BCUT2D eigenvalue weighted by atomic mass is 16.5. The highest BCUT2D eigenvalue weighted by Gasteiger charge is 2.06. The van der Waals surface area contributed by atoms with Gasteiger partial charge in [0.2, 0.25) is 0 Å². The molecule has 1 heterocycles. The SMILES string of the molecule is Cc1cc(CNC(C)c2ccc(O)cc2)no1. The lowest BCUT2D eigenvalue weighted by molar-refractivity contribution is 0.386. The molecule has 1 atom stereocenters. The summed E-state index contributed by atoms with van der Waals surface area (Å²) in [5.74, 6) is 1.10. The fourth-order valence-corrected chi connectivity index (χ4v) is 1.64. The first-order chi connectivity index (χ1) is 8.15. The van der Waals surface area contributed by atoms with E-state index in [1.165, 1.54) is 0 Å².